The molecule has 0 bridgehead atoms. The normalized spacial score (nSPS) is 14.5. The van der Waals surface area contributed by atoms with Gasteiger partial charge in [0.1, 0.15) is 5.75 Å². The fourth-order valence-electron chi connectivity index (χ4n) is 3.07. The van der Waals surface area contributed by atoms with Crippen LogP contribution >= 0.6 is 23.2 Å². The Kier molecular flexibility index (Phi) is 6.81. The molecule has 0 N–H and O–H groups in total. The molecule has 2 aromatic carbocycles. The minimum Gasteiger partial charge on any atom is -0.482 e. The summed E-state index contributed by atoms with van der Waals surface area (Å²) in [6, 6.07) is 12.4. The molecule has 1 aliphatic heterocycles. The molecular formula is C21H22Cl2N2O3. The molecule has 0 spiro atoms. The Hall–Kier alpha value is -2.24. The van der Waals surface area contributed by atoms with Crippen molar-refractivity contribution >= 4 is 35.0 Å². The predicted molar refractivity (Wildman–Crippen MR) is 110 cm³/mol. The molecule has 0 saturated carbocycles. The second-order valence-corrected chi connectivity index (χ2v) is 7.60. The van der Waals surface area contributed by atoms with Gasteiger partial charge >= 0.3 is 0 Å². The monoisotopic (exact) mass is 420 g/mol. The summed E-state index contributed by atoms with van der Waals surface area (Å²) in [4.78, 5) is 28.7. The first kappa shape index (κ1) is 20.5. The zero-order valence-electron chi connectivity index (χ0n) is 15.7. The molecule has 0 aromatic heterocycles. The van der Waals surface area contributed by atoms with Crippen molar-refractivity contribution in [3.63, 3.8) is 0 Å². The SMILES string of the molecule is Cc1ccc(C(=O)N2CCCN(C(=O)COc3ccc(Cl)cc3Cl)CC2)cc1. The average molecular weight is 421 g/mol. The Morgan fingerprint density at radius 3 is 2.36 bits per heavy atom. The topological polar surface area (TPSA) is 49.9 Å². The summed E-state index contributed by atoms with van der Waals surface area (Å²) in [5, 5.41) is 0.876. The summed E-state index contributed by atoms with van der Waals surface area (Å²) in [6.45, 7) is 4.08. The average Bonchev–Trinajstić information content (AvgIpc) is 2.93. The summed E-state index contributed by atoms with van der Waals surface area (Å²) in [5.41, 5.74) is 1.79. The van der Waals surface area contributed by atoms with E-state index in [2.05, 4.69) is 0 Å². The molecule has 1 aliphatic rings. The molecule has 28 heavy (non-hydrogen) atoms. The van der Waals surface area contributed by atoms with Crippen LogP contribution in [0.5, 0.6) is 5.75 Å². The Balaban J connectivity index is 1.54. The van der Waals surface area contributed by atoms with Crippen LogP contribution in [0.15, 0.2) is 42.5 Å². The van der Waals surface area contributed by atoms with E-state index in [4.69, 9.17) is 27.9 Å². The van der Waals surface area contributed by atoms with E-state index in [1.54, 1.807) is 28.0 Å². The fraction of sp³-hybridized carbons (Fsp3) is 0.333. The highest BCUT2D eigenvalue weighted by Crippen LogP contribution is 2.27. The van der Waals surface area contributed by atoms with Crippen molar-refractivity contribution in [1.29, 1.82) is 0 Å². The van der Waals surface area contributed by atoms with Crippen LogP contribution in [0, 0.1) is 6.92 Å². The third kappa shape index (κ3) is 5.18. The third-order valence-electron chi connectivity index (χ3n) is 4.68. The van der Waals surface area contributed by atoms with Crippen molar-refractivity contribution < 1.29 is 14.3 Å². The largest absolute Gasteiger partial charge is 0.482 e. The lowest BCUT2D eigenvalue weighted by atomic mass is 10.1. The van der Waals surface area contributed by atoms with Crippen LogP contribution in [-0.4, -0.2) is 54.4 Å². The Morgan fingerprint density at radius 2 is 1.64 bits per heavy atom. The maximum Gasteiger partial charge on any atom is 0.260 e. The van der Waals surface area contributed by atoms with Gasteiger partial charge in [-0.25, -0.2) is 0 Å². The minimum atomic E-state index is -0.129. The molecule has 0 unspecified atom stereocenters. The molecule has 0 radical (unpaired) electrons. The number of ether oxygens (including phenoxy) is 1. The van der Waals surface area contributed by atoms with Gasteiger partial charge in [0, 0.05) is 36.8 Å². The molecule has 5 nitrogen and oxygen atoms in total. The summed E-state index contributed by atoms with van der Waals surface area (Å²) < 4.78 is 5.54. The van der Waals surface area contributed by atoms with Crippen LogP contribution < -0.4 is 4.74 Å². The van der Waals surface area contributed by atoms with E-state index >= 15 is 0 Å². The summed E-state index contributed by atoms with van der Waals surface area (Å²) in [7, 11) is 0. The fourth-order valence-corrected chi connectivity index (χ4v) is 3.53. The Bertz CT molecular complexity index is 855. The second kappa shape index (κ2) is 9.30. The van der Waals surface area contributed by atoms with E-state index in [0.717, 1.165) is 12.0 Å². The van der Waals surface area contributed by atoms with Crippen LogP contribution in [0.25, 0.3) is 0 Å². The lowest BCUT2D eigenvalue weighted by Crippen LogP contribution is -2.39. The van der Waals surface area contributed by atoms with Gasteiger partial charge in [0.15, 0.2) is 6.61 Å². The molecule has 1 heterocycles. The van der Waals surface area contributed by atoms with Gasteiger partial charge in [-0.1, -0.05) is 40.9 Å². The number of aryl methyl sites for hydroxylation is 1. The van der Waals surface area contributed by atoms with Gasteiger partial charge in [-0.3, -0.25) is 9.59 Å². The number of rotatable bonds is 4. The first-order valence-corrected chi connectivity index (χ1v) is 9.91. The van der Waals surface area contributed by atoms with E-state index in [-0.39, 0.29) is 18.4 Å². The number of nitrogens with zero attached hydrogens (tertiary/aromatic N) is 2. The zero-order chi connectivity index (χ0) is 20.1. The maximum absolute atomic E-state index is 12.7. The Morgan fingerprint density at radius 1 is 0.964 bits per heavy atom. The van der Waals surface area contributed by atoms with Crippen LogP contribution in [-0.2, 0) is 4.79 Å². The highest BCUT2D eigenvalue weighted by Gasteiger charge is 2.23. The molecule has 0 aliphatic carbocycles. The second-order valence-electron chi connectivity index (χ2n) is 6.76. The summed E-state index contributed by atoms with van der Waals surface area (Å²) in [5.74, 6) is 0.291. The molecule has 3 rings (SSSR count). The number of amides is 2. The van der Waals surface area contributed by atoms with Gasteiger partial charge in [0.2, 0.25) is 0 Å². The van der Waals surface area contributed by atoms with Crippen LogP contribution in [0.4, 0.5) is 0 Å². The number of hydrogen-bond donors (Lipinski definition) is 0. The molecular weight excluding hydrogens is 399 g/mol. The number of benzene rings is 2. The van der Waals surface area contributed by atoms with Crippen LogP contribution in [0.3, 0.4) is 0 Å². The quantitative estimate of drug-likeness (QED) is 0.749. The van der Waals surface area contributed by atoms with Gasteiger partial charge in [-0.05, 0) is 43.7 Å². The predicted octanol–water partition coefficient (Wildman–Crippen LogP) is 4.06. The zero-order valence-corrected chi connectivity index (χ0v) is 17.2. The molecule has 2 aromatic rings. The third-order valence-corrected chi connectivity index (χ3v) is 5.21. The van der Waals surface area contributed by atoms with Gasteiger partial charge in [-0.2, -0.15) is 0 Å². The minimum absolute atomic E-state index is 0.00139. The first-order chi connectivity index (χ1) is 13.4. The summed E-state index contributed by atoms with van der Waals surface area (Å²) >= 11 is 11.9. The van der Waals surface area contributed by atoms with E-state index in [1.165, 1.54) is 0 Å². The number of carbonyl (C=O) groups excluding carboxylic acids is 2. The molecule has 1 fully saturated rings. The van der Waals surface area contributed by atoms with Gasteiger partial charge in [0.25, 0.3) is 11.8 Å². The standard InChI is InChI=1S/C21H22Cl2N2O3/c1-15-3-5-16(6-4-15)21(27)25-10-2-9-24(11-12-25)20(26)14-28-19-8-7-17(22)13-18(19)23/h3-8,13H,2,9-12,14H2,1H3. The number of halogens is 2. The van der Waals surface area contributed by atoms with Crippen molar-refractivity contribution in [3.05, 3.63) is 63.6 Å². The van der Waals surface area contributed by atoms with Gasteiger partial charge in [-0.15, -0.1) is 0 Å². The highest BCUT2D eigenvalue weighted by atomic mass is 35.5. The van der Waals surface area contributed by atoms with E-state index < -0.39 is 0 Å². The van der Waals surface area contributed by atoms with Crippen molar-refractivity contribution in [1.82, 2.24) is 9.80 Å². The molecule has 2 amide bonds. The van der Waals surface area contributed by atoms with Crippen molar-refractivity contribution in [2.75, 3.05) is 32.8 Å². The van der Waals surface area contributed by atoms with Crippen molar-refractivity contribution in [2.45, 2.75) is 13.3 Å². The van der Waals surface area contributed by atoms with Crippen molar-refractivity contribution in [2.24, 2.45) is 0 Å². The van der Waals surface area contributed by atoms with Gasteiger partial charge in [0.05, 0.1) is 5.02 Å². The molecule has 1 saturated heterocycles. The number of hydrogen-bond acceptors (Lipinski definition) is 3. The smallest absolute Gasteiger partial charge is 0.260 e. The molecule has 7 heteroatoms. The highest BCUT2D eigenvalue weighted by molar-refractivity contribution is 6.35. The lowest BCUT2D eigenvalue weighted by Gasteiger charge is -2.22. The van der Waals surface area contributed by atoms with E-state index in [9.17, 15) is 9.59 Å². The molecule has 148 valence electrons. The summed E-state index contributed by atoms with van der Waals surface area (Å²) in [6.07, 6.45) is 0.727. The van der Waals surface area contributed by atoms with E-state index in [0.29, 0.717) is 47.5 Å². The van der Waals surface area contributed by atoms with Crippen LogP contribution in [0.1, 0.15) is 22.3 Å². The van der Waals surface area contributed by atoms with Crippen molar-refractivity contribution in [3.8, 4) is 5.75 Å². The lowest BCUT2D eigenvalue weighted by molar-refractivity contribution is -0.133. The van der Waals surface area contributed by atoms with Crippen LogP contribution in [0.2, 0.25) is 10.0 Å². The first-order valence-electron chi connectivity index (χ1n) is 9.15. The molecule has 0 atom stereocenters. The van der Waals surface area contributed by atoms with E-state index in [1.807, 2.05) is 31.2 Å². The van der Waals surface area contributed by atoms with Gasteiger partial charge < -0.3 is 14.5 Å². The number of carbonyl (C=O) groups is 2. The maximum atomic E-state index is 12.7. The Labute approximate surface area is 174 Å².